The summed E-state index contributed by atoms with van der Waals surface area (Å²) in [5.74, 6) is -1.02. The quantitative estimate of drug-likeness (QED) is 0.773. The normalized spacial score (nSPS) is 16.6. The maximum atomic E-state index is 12.6. The fourth-order valence-electron chi connectivity index (χ4n) is 2.14. The minimum atomic E-state index is -4.61. The summed E-state index contributed by atoms with van der Waals surface area (Å²) in [5.41, 5.74) is -1.10. The second-order valence-electron chi connectivity index (χ2n) is 4.92. The van der Waals surface area contributed by atoms with E-state index < -0.39 is 30.4 Å². The standard InChI is InChI=1S/C12H12F6N4O/c13-11(14,15)6-10(23)22-3-1-21(2-4-22)9-5-8(12(16,17)18)19-7-20-9/h5,7H,1-4,6H2. The fourth-order valence-corrected chi connectivity index (χ4v) is 2.14. The number of carbonyl (C=O) groups is 1. The molecule has 0 N–H and O–H groups in total. The first-order valence-corrected chi connectivity index (χ1v) is 6.55. The Bertz CT molecular complexity index is 565. The average Bonchev–Trinajstić information content (AvgIpc) is 2.45. The van der Waals surface area contributed by atoms with Gasteiger partial charge in [-0.05, 0) is 0 Å². The highest BCUT2D eigenvalue weighted by Crippen LogP contribution is 2.29. The van der Waals surface area contributed by atoms with E-state index in [4.69, 9.17) is 0 Å². The van der Waals surface area contributed by atoms with Gasteiger partial charge in [-0.3, -0.25) is 4.79 Å². The van der Waals surface area contributed by atoms with Crippen molar-refractivity contribution in [1.82, 2.24) is 14.9 Å². The molecule has 0 bridgehead atoms. The maximum Gasteiger partial charge on any atom is 0.433 e. The van der Waals surface area contributed by atoms with Gasteiger partial charge in [-0.1, -0.05) is 0 Å². The van der Waals surface area contributed by atoms with Crippen LogP contribution in [0.4, 0.5) is 32.2 Å². The van der Waals surface area contributed by atoms with Crippen molar-refractivity contribution < 1.29 is 31.1 Å². The minimum absolute atomic E-state index is 0.0136. The van der Waals surface area contributed by atoms with Gasteiger partial charge in [0.05, 0.1) is 0 Å². The van der Waals surface area contributed by atoms with Crippen LogP contribution < -0.4 is 4.90 Å². The Kier molecular flexibility index (Phi) is 4.66. The van der Waals surface area contributed by atoms with Gasteiger partial charge in [-0.15, -0.1) is 0 Å². The van der Waals surface area contributed by atoms with Gasteiger partial charge in [0.1, 0.15) is 24.3 Å². The Morgan fingerprint density at radius 3 is 2.17 bits per heavy atom. The monoisotopic (exact) mass is 342 g/mol. The van der Waals surface area contributed by atoms with E-state index in [0.29, 0.717) is 0 Å². The van der Waals surface area contributed by atoms with Crippen molar-refractivity contribution in [2.24, 2.45) is 0 Å². The predicted molar refractivity (Wildman–Crippen MR) is 66.5 cm³/mol. The minimum Gasteiger partial charge on any atom is -0.353 e. The first kappa shape index (κ1) is 17.3. The smallest absolute Gasteiger partial charge is 0.353 e. The third-order valence-electron chi connectivity index (χ3n) is 3.25. The molecular weight excluding hydrogens is 330 g/mol. The fraction of sp³-hybridized carbons (Fsp3) is 0.583. The maximum absolute atomic E-state index is 12.6. The summed E-state index contributed by atoms with van der Waals surface area (Å²) < 4.78 is 74.3. The third kappa shape index (κ3) is 4.70. The van der Waals surface area contributed by atoms with E-state index in [1.165, 1.54) is 4.90 Å². The summed E-state index contributed by atoms with van der Waals surface area (Å²) in [6.07, 6.45) is -9.96. The summed E-state index contributed by atoms with van der Waals surface area (Å²) in [5, 5.41) is 0. The summed E-state index contributed by atoms with van der Waals surface area (Å²) in [7, 11) is 0. The van der Waals surface area contributed by atoms with Crippen LogP contribution in [0.25, 0.3) is 0 Å². The Labute approximate surface area is 126 Å². The van der Waals surface area contributed by atoms with Crippen molar-refractivity contribution in [3.05, 3.63) is 18.1 Å². The van der Waals surface area contributed by atoms with Crippen LogP contribution >= 0.6 is 0 Å². The lowest BCUT2D eigenvalue weighted by atomic mass is 10.2. The molecule has 1 fully saturated rings. The van der Waals surface area contributed by atoms with Gasteiger partial charge in [-0.25, -0.2) is 9.97 Å². The molecule has 2 rings (SSSR count). The van der Waals surface area contributed by atoms with Crippen molar-refractivity contribution in [3.63, 3.8) is 0 Å². The number of alkyl halides is 6. The number of anilines is 1. The first-order valence-electron chi connectivity index (χ1n) is 6.55. The van der Waals surface area contributed by atoms with E-state index in [1.54, 1.807) is 0 Å². The third-order valence-corrected chi connectivity index (χ3v) is 3.25. The molecule has 0 aromatic carbocycles. The van der Waals surface area contributed by atoms with Crippen LogP contribution in [0.15, 0.2) is 12.4 Å². The van der Waals surface area contributed by atoms with Crippen LogP contribution in [-0.2, 0) is 11.0 Å². The highest BCUT2D eigenvalue weighted by atomic mass is 19.4. The highest BCUT2D eigenvalue weighted by Gasteiger charge is 2.35. The molecule has 2 heterocycles. The summed E-state index contributed by atoms with van der Waals surface area (Å²) >= 11 is 0. The highest BCUT2D eigenvalue weighted by molar-refractivity contribution is 5.77. The molecule has 0 atom stereocenters. The zero-order valence-electron chi connectivity index (χ0n) is 11.7. The Balaban J connectivity index is 1.98. The number of hydrogen-bond acceptors (Lipinski definition) is 4. The average molecular weight is 342 g/mol. The lowest BCUT2D eigenvalue weighted by Gasteiger charge is -2.35. The summed E-state index contributed by atoms with van der Waals surface area (Å²) in [6.45, 7) is 0.163. The molecule has 1 aromatic heterocycles. The molecule has 0 unspecified atom stereocenters. The molecule has 0 radical (unpaired) electrons. The van der Waals surface area contributed by atoms with Gasteiger partial charge in [0.25, 0.3) is 0 Å². The molecule has 0 spiro atoms. The number of nitrogens with zero attached hydrogens (tertiary/aromatic N) is 4. The van der Waals surface area contributed by atoms with E-state index in [0.717, 1.165) is 17.3 Å². The number of aromatic nitrogens is 2. The van der Waals surface area contributed by atoms with E-state index in [2.05, 4.69) is 9.97 Å². The van der Waals surface area contributed by atoms with Crippen LogP contribution in [0.2, 0.25) is 0 Å². The topological polar surface area (TPSA) is 49.3 Å². The number of carbonyl (C=O) groups excluding carboxylic acids is 1. The van der Waals surface area contributed by atoms with E-state index >= 15 is 0 Å². The Morgan fingerprint density at radius 1 is 1.04 bits per heavy atom. The molecule has 11 heteroatoms. The molecule has 128 valence electrons. The molecule has 1 amide bonds. The number of amides is 1. The Hall–Kier alpha value is -2.07. The van der Waals surface area contributed by atoms with E-state index in [-0.39, 0.29) is 32.0 Å². The molecule has 5 nitrogen and oxygen atoms in total. The molecule has 1 saturated heterocycles. The molecule has 23 heavy (non-hydrogen) atoms. The SMILES string of the molecule is O=C(CC(F)(F)F)N1CCN(c2cc(C(F)(F)F)ncn2)CC1. The lowest BCUT2D eigenvalue weighted by Crippen LogP contribution is -2.49. The van der Waals surface area contributed by atoms with Crippen LogP contribution in [0.1, 0.15) is 12.1 Å². The predicted octanol–water partition coefficient (Wildman–Crippen LogP) is 2.10. The second kappa shape index (κ2) is 6.20. The number of halogens is 6. The Morgan fingerprint density at radius 2 is 1.65 bits per heavy atom. The van der Waals surface area contributed by atoms with Crippen molar-refractivity contribution in [3.8, 4) is 0 Å². The van der Waals surface area contributed by atoms with Crippen LogP contribution in [0.5, 0.6) is 0 Å². The molecular formula is C12H12F6N4O. The van der Waals surface area contributed by atoms with Crippen molar-refractivity contribution >= 4 is 11.7 Å². The summed E-state index contributed by atoms with van der Waals surface area (Å²) in [4.78, 5) is 20.8. The molecule has 1 aromatic rings. The van der Waals surface area contributed by atoms with E-state index in [9.17, 15) is 31.1 Å². The van der Waals surface area contributed by atoms with Crippen LogP contribution in [-0.4, -0.2) is 53.1 Å². The van der Waals surface area contributed by atoms with E-state index in [1.807, 2.05) is 0 Å². The van der Waals surface area contributed by atoms with Gasteiger partial charge in [0, 0.05) is 32.2 Å². The van der Waals surface area contributed by atoms with Crippen LogP contribution in [0, 0.1) is 0 Å². The van der Waals surface area contributed by atoms with Crippen molar-refractivity contribution in [1.29, 1.82) is 0 Å². The lowest BCUT2D eigenvalue weighted by molar-refractivity contribution is -0.161. The molecule has 1 aliphatic heterocycles. The molecule has 1 aliphatic rings. The van der Waals surface area contributed by atoms with Crippen molar-refractivity contribution in [2.45, 2.75) is 18.8 Å². The van der Waals surface area contributed by atoms with Gasteiger partial charge < -0.3 is 9.80 Å². The largest absolute Gasteiger partial charge is 0.433 e. The summed E-state index contributed by atoms with van der Waals surface area (Å²) in [6, 6.07) is 0.771. The van der Waals surface area contributed by atoms with Gasteiger partial charge >= 0.3 is 12.4 Å². The van der Waals surface area contributed by atoms with Crippen molar-refractivity contribution in [2.75, 3.05) is 31.1 Å². The van der Waals surface area contributed by atoms with Crippen LogP contribution in [0.3, 0.4) is 0 Å². The number of rotatable bonds is 2. The van der Waals surface area contributed by atoms with Gasteiger partial charge in [-0.2, -0.15) is 26.3 Å². The van der Waals surface area contributed by atoms with Gasteiger partial charge in [0.2, 0.25) is 5.91 Å². The number of piperazine rings is 1. The number of hydrogen-bond donors (Lipinski definition) is 0. The zero-order chi connectivity index (χ0) is 17.3. The zero-order valence-corrected chi connectivity index (χ0v) is 11.7. The first-order chi connectivity index (χ1) is 10.6. The molecule has 0 aliphatic carbocycles. The molecule has 0 saturated carbocycles. The van der Waals surface area contributed by atoms with Gasteiger partial charge in [0.15, 0.2) is 0 Å². The second-order valence-corrected chi connectivity index (χ2v) is 4.92.